The fourth-order valence-corrected chi connectivity index (χ4v) is 4.63. The quantitative estimate of drug-likeness (QED) is 0.266. The minimum Gasteiger partial charge on any atom is -0.497 e. The van der Waals surface area contributed by atoms with Crippen molar-refractivity contribution in [2.24, 2.45) is 0 Å². The number of pyridine rings is 3. The van der Waals surface area contributed by atoms with Gasteiger partial charge in [-0.3, -0.25) is 14.9 Å². The van der Waals surface area contributed by atoms with Crippen LogP contribution in [0.3, 0.4) is 0 Å². The van der Waals surface area contributed by atoms with Gasteiger partial charge in [0, 0.05) is 29.4 Å². The van der Waals surface area contributed by atoms with Crippen molar-refractivity contribution in [2.75, 3.05) is 33.1 Å². The number of fused-ring (bicyclic) bond motifs is 2. The standard InChI is InChI=1S/C29H25FN8O2/c1-38(2)15-26(39)33-19-9-17(13-31-14-19)23-4-5-24-27(34-23)28(37-36-24)25-12-22-21(6-7-32-29(22)35-25)16-8-18(30)11-20(10-16)40-3/h4-14H,15H2,1-3H3,(H,32,35)(H,33,39)(H,36,37). The van der Waals surface area contributed by atoms with Gasteiger partial charge in [-0.1, -0.05) is 0 Å². The first kappa shape index (κ1) is 25.1. The Kier molecular flexibility index (Phi) is 6.40. The number of aromatic nitrogens is 6. The van der Waals surface area contributed by atoms with E-state index in [9.17, 15) is 9.18 Å². The molecule has 3 N–H and O–H groups in total. The number of benzene rings is 1. The molecule has 0 saturated heterocycles. The van der Waals surface area contributed by atoms with E-state index in [1.54, 1.807) is 29.6 Å². The Bertz CT molecular complexity index is 1880. The SMILES string of the molecule is COc1cc(F)cc(-c2ccnc3[nH]c(-c4n[nH]c5ccc(-c6cncc(NC(=O)CN(C)C)c6)nc45)cc23)c1. The van der Waals surface area contributed by atoms with Gasteiger partial charge in [-0.15, -0.1) is 0 Å². The van der Waals surface area contributed by atoms with Crippen LogP contribution in [0.2, 0.25) is 0 Å². The smallest absolute Gasteiger partial charge is 0.238 e. The van der Waals surface area contributed by atoms with Crippen LogP contribution in [0.15, 0.2) is 67.1 Å². The first-order chi connectivity index (χ1) is 19.4. The molecule has 5 heterocycles. The van der Waals surface area contributed by atoms with Gasteiger partial charge in [0.15, 0.2) is 0 Å². The maximum absolute atomic E-state index is 14.3. The molecule has 0 aliphatic rings. The third kappa shape index (κ3) is 4.85. The molecule has 11 heteroatoms. The van der Waals surface area contributed by atoms with E-state index in [-0.39, 0.29) is 18.3 Å². The first-order valence-corrected chi connectivity index (χ1v) is 12.5. The van der Waals surface area contributed by atoms with Gasteiger partial charge in [-0.25, -0.2) is 14.4 Å². The highest BCUT2D eigenvalue weighted by molar-refractivity contribution is 5.99. The number of methoxy groups -OCH3 is 1. The summed E-state index contributed by atoms with van der Waals surface area (Å²) in [5.41, 5.74) is 6.84. The van der Waals surface area contributed by atoms with E-state index < -0.39 is 0 Å². The highest BCUT2D eigenvalue weighted by Crippen LogP contribution is 2.35. The topological polar surface area (TPSA) is 125 Å². The zero-order valence-corrected chi connectivity index (χ0v) is 22.0. The van der Waals surface area contributed by atoms with Gasteiger partial charge in [-0.2, -0.15) is 5.10 Å². The summed E-state index contributed by atoms with van der Waals surface area (Å²) in [6.45, 7) is 0.265. The van der Waals surface area contributed by atoms with Gasteiger partial charge in [0.05, 0.1) is 42.4 Å². The van der Waals surface area contributed by atoms with Gasteiger partial charge in [0.1, 0.15) is 28.4 Å². The van der Waals surface area contributed by atoms with E-state index in [0.29, 0.717) is 45.2 Å². The van der Waals surface area contributed by atoms with Crippen LogP contribution < -0.4 is 10.1 Å². The molecule has 0 aliphatic heterocycles. The Morgan fingerprint density at radius 3 is 2.77 bits per heavy atom. The molecule has 200 valence electrons. The molecule has 0 saturated carbocycles. The summed E-state index contributed by atoms with van der Waals surface area (Å²) in [7, 11) is 5.17. The maximum atomic E-state index is 14.3. The van der Waals surface area contributed by atoms with Gasteiger partial charge >= 0.3 is 0 Å². The lowest BCUT2D eigenvalue weighted by Crippen LogP contribution is -2.27. The van der Waals surface area contributed by atoms with Crippen molar-refractivity contribution >= 4 is 33.7 Å². The summed E-state index contributed by atoms with van der Waals surface area (Å²) in [4.78, 5) is 31.0. The minimum atomic E-state index is -0.388. The van der Waals surface area contributed by atoms with Crippen LogP contribution in [0, 0.1) is 5.82 Å². The fraction of sp³-hybridized carbons (Fsp3) is 0.138. The number of nitrogens with zero attached hydrogens (tertiary/aromatic N) is 5. The zero-order chi connectivity index (χ0) is 27.8. The van der Waals surface area contributed by atoms with E-state index in [1.165, 1.54) is 19.2 Å². The second-order valence-corrected chi connectivity index (χ2v) is 9.60. The lowest BCUT2D eigenvalue weighted by Gasteiger charge is -2.10. The van der Waals surface area contributed by atoms with E-state index in [4.69, 9.17) is 9.72 Å². The molecular formula is C29H25FN8O2. The minimum absolute atomic E-state index is 0.132. The number of rotatable bonds is 7. The van der Waals surface area contributed by atoms with Crippen molar-refractivity contribution in [1.82, 2.24) is 35.0 Å². The number of halogens is 1. The summed E-state index contributed by atoms with van der Waals surface area (Å²) in [6.07, 6.45) is 4.97. The predicted molar refractivity (Wildman–Crippen MR) is 151 cm³/mol. The van der Waals surface area contributed by atoms with Gasteiger partial charge in [0.2, 0.25) is 5.91 Å². The zero-order valence-electron chi connectivity index (χ0n) is 22.0. The molecule has 5 aromatic heterocycles. The molecule has 1 aromatic carbocycles. The molecule has 1 amide bonds. The van der Waals surface area contributed by atoms with E-state index in [0.717, 1.165) is 22.0 Å². The number of anilines is 1. The second-order valence-electron chi connectivity index (χ2n) is 9.60. The van der Waals surface area contributed by atoms with Crippen molar-refractivity contribution in [1.29, 1.82) is 0 Å². The summed E-state index contributed by atoms with van der Waals surface area (Å²) in [5.74, 6) is -0.0875. The monoisotopic (exact) mass is 536 g/mol. The first-order valence-electron chi connectivity index (χ1n) is 12.5. The van der Waals surface area contributed by atoms with Gasteiger partial charge in [0.25, 0.3) is 0 Å². The van der Waals surface area contributed by atoms with Crippen LogP contribution >= 0.6 is 0 Å². The number of hydrogen-bond donors (Lipinski definition) is 3. The molecule has 40 heavy (non-hydrogen) atoms. The number of ether oxygens (including phenoxy) is 1. The number of carbonyl (C=O) groups is 1. The summed E-state index contributed by atoms with van der Waals surface area (Å²) >= 11 is 0. The van der Waals surface area contributed by atoms with Gasteiger partial charge < -0.3 is 19.9 Å². The van der Waals surface area contributed by atoms with Crippen molar-refractivity contribution in [3.8, 4) is 39.5 Å². The third-order valence-corrected chi connectivity index (χ3v) is 6.39. The maximum Gasteiger partial charge on any atom is 0.238 e. The molecule has 6 aromatic rings. The molecule has 6 rings (SSSR count). The van der Waals surface area contributed by atoms with Crippen LogP contribution in [0.25, 0.3) is 55.8 Å². The number of likely N-dealkylation sites (N-methyl/N-ethyl adjacent to an activating group) is 1. The Morgan fingerprint density at radius 1 is 1.07 bits per heavy atom. The highest BCUT2D eigenvalue weighted by Gasteiger charge is 2.17. The Balaban J connectivity index is 1.38. The summed E-state index contributed by atoms with van der Waals surface area (Å²) in [5, 5.41) is 11.2. The molecule has 0 atom stereocenters. The molecule has 0 unspecified atom stereocenters. The lowest BCUT2D eigenvalue weighted by atomic mass is 10.0. The largest absolute Gasteiger partial charge is 0.497 e. The number of aromatic amines is 2. The van der Waals surface area contributed by atoms with E-state index in [1.807, 2.05) is 44.4 Å². The molecule has 0 fully saturated rings. The van der Waals surface area contributed by atoms with Gasteiger partial charge in [-0.05, 0) is 67.7 Å². The van der Waals surface area contributed by atoms with Crippen LogP contribution in [0.4, 0.5) is 10.1 Å². The summed E-state index contributed by atoms with van der Waals surface area (Å²) < 4.78 is 19.5. The lowest BCUT2D eigenvalue weighted by molar-refractivity contribution is -0.116. The molecular weight excluding hydrogens is 511 g/mol. The molecule has 0 aliphatic carbocycles. The Morgan fingerprint density at radius 2 is 1.95 bits per heavy atom. The second kappa shape index (κ2) is 10.2. The number of carbonyl (C=O) groups excluding carboxylic acids is 1. The predicted octanol–water partition coefficient (Wildman–Crippen LogP) is 4.88. The Labute approximate surface area is 228 Å². The van der Waals surface area contributed by atoms with E-state index >= 15 is 0 Å². The van der Waals surface area contributed by atoms with E-state index in [2.05, 4.69) is 30.5 Å². The van der Waals surface area contributed by atoms with Crippen molar-refractivity contribution in [3.63, 3.8) is 0 Å². The number of nitrogens with one attached hydrogen (secondary N) is 3. The van der Waals surface area contributed by atoms with Crippen LogP contribution in [0.5, 0.6) is 5.75 Å². The Hall–Kier alpha value is -5.16. The number of amides is 1. The molecule has 0 bridgehead atoms. The van der Waals surface area contributed by atoms with Crippen LogP contribution in [0.1, 0.15) is 0 Å². The molecule has 10 nitrogen and oxygen atoms in total. The molecule has 0 radical (unpaired) electrons. The highest BCUT2D eigenvalue weighted by atomic mass is 19.1. The normalized spacial score (nSPS) is 11.4. The van der Waals surface area contributed by atoms with Crippen molar-refractivity contribution in [3.05, 3.63) is 72.9 Å². The van der Waals surface area contributed by atoms with Crippen molar-refractivity contribution < 1.29 is 13.9 Å². The molecule has 0 spiro atoms. The average Bonchev–Trinajstić information content (AvgIpc) is 3.56. The summed E-state index contributed by atoms with van der Waals surface area (Å²) in [6, 6.07) is 14.0. The van der Waals surface area contributed by atoms with Crippen LogP contribution in [-0.2, 0) is 4.79 Å². The van der Waals surface area contributed by atoms with Crippen LogP contribution in [-0.4, -0.2) is 68.7 Å². The van der Waals surface area contributed by atoms with Crippen molar-refractivity contribution in [2.45, 2.75) is 0 Å². The average molecular weight is 537 g/mol. The fourth-order valence-electron chi connectivity index (χ4n) is 4.63. The number of hydrogen-bond acceptors (Lipinski definition) is 7. The third-order valence-electron chi connectivity index (χ3n) is 6.39. The number of H-pyrrole nitrogens is 2.